The van der Waals surface area contributed by atoms with Crippen LogP contribution in [0.2, 0.25) is 0 Å². The predicted molar refractivity (Wildman–Crippen MR) is 68.8 cm³/mol. The molecule has 102 valence electrons. The number of rotatable bonds is 5. The minimum atomic E-state index is -0.630. The van der Waals surface area contributed by atoms with Gasteiger partial charge in [0.25, 0.3) is 11.4 Å². The van der Waals surface area contributed by atoms with Gasteiger partial charge in [0.15, 0.2) is 0 Å². The molecule has 1 aliphatic rings. The highest BCUT2D eigenvalue weighted by Gasteiger charge is 2.46. The number of non-ortho nitro benzene ring substituents is 1. The number of nitrogens with zero attached hydrogens (tertiary/aromatic N) is 2. The molecule has 19 heavy (non-hydrogen) atoms. The Kier molecular flexibility index (Phi) is 3.23. The molecule has 1 unspecified atom stereocenters. The van der Waals surface area contributed by atoms with Crippen LogP contribution in [0.4, 0.5) is 11.4 Å². The maximum atomic E-state index is 11.0. The largest absolute Gasteiger partial charge is 0.327 e. The summed E-state index contributed by atoms with van der Waals surface area (Å²) >= 11 is 0. The fourth-order valence-electron chi connectivity index (χ4n) is 2.32. The van der Waals surface area contributed by atoms with Gasteiger partial charge in [-0.3, -0.25) is 20.2 Å². The Labute approximate surface area is 109 Å². The van der Waals surface area contributed by atoms with Crippen molar-refractivity contribution in [3.63, 3.8) is 0 Å². The van der Waals surface area contributed by atoms with Gasteiger partial charge in [-0.05, 0) is 37.7 Å². The molecule has 1 aliphatic carbocycles. The Morgan fingerprint density at radius 1 is 1.32 bits per heavy atom. The lowest BCUT2D eigenvalue weighted by atomic mass is 9.89. The van der Waals surface area contributed by atoms with Crippen LogP contribution in [0.5, 0.6) is 0 Å². The van der Waals surface area contributed by atoms with Crippen molar-refractivity contribution < 1.29 is 9.85 Å². The average molecular weight is 265 g/mol. The van der Waals surface area contributed by atoms with E-state index in [-0.39, 0.29) is 22.8 Å². The molecule has 0 bridgehead atoms. The summed E-state index contributed by atoms with van der Waals surface area (Å²) in [6, 6.07) is 3.76. The molecular weight excluding hydrogens is 250 g/mol. The quantitative estimate of drug-likeness (QED) is 0.647. The molecule has 7 nitrogen and oxygen atoms in total. The van der Waals surface area contributed by atoms with Crippen LogP contribution in [-0.2, 0) is 6.42 Å². The van der Waals surface area contributed by atoms with Crippen LogP contribution in [0.25, 0.3) is 0 Å². The fraction of sp³-hybridized carbons (Fsp3) is 0.500. The van der Waals surface area contributed by atoms with E-state index in [4.69, 9.17) is 5.73 Å². The molecule has 0 aliphatic heterocycles. The van der Waals surface area contributed by atoms with E-state index in [2.05, 4.69) is 0 Å². The lowest BCUT2D eigenvalue weighted by Crippen LogP contribution is -2.30. The van der Waals surface area contributed by atoms with E-state index in [0.717, 1.165) is 18.9 Å². The normalized spacial score (nSPS) is 17.8. The number of nitro groups is 2. The molecule has 1 fully saturated rings. The summed E-state index contributed by atoms with van der Waals surface area (Å²) in [5.41, 5.74) is 5.89. The van der Waals surface area contributed by atoms with Crippen molar-refractivity contribution >= 4 is 11.4 Å². The van der Waals surface area contributed by atoms with Gasteiger partial charge >= 0.3 is 0 Å². The van der Waals surface area contributed by atoms with Gasteiger partial charge in [-0.25, -0.2) is 0 Å². The van der Waals surface area contributed by atoms with Crippen molar-refractivity contribution in [1.82, 2.24) is 0 Å². The zero-order valence-corrected chi connectivity index (χ0v) is 10.5. The van der Waals surface area contributed by atoms with Crippen LogP contribution in [0, 0.1) is 25.6 Å². The molecule has 0 radical (unpaired) electrons. The summed E-state index contributed by atoms with van der Waals surface area (Å²) < 4.78 is 0. The van der Waals surface area contributed by atoms with Crippen molar-refractivity contribution in [1.29, 1.82) is 0 Å². The van der Waals surface area contributed by atoms with Crippen LogP contribution in [0.1, 0.15) is 25.3 Å². The highest BCUT2D eigenvalue weighted by Crippen LogP contribution is 2.51. The topological polar surface area (TPSA) is 112 Å². The first-order valence-corrected chi connectivity index (χ1v) is 6.03. The molecule has 0 spiro atoms. The summed E-state index contributed by atoms with van der Waals surface area (Å²) in [5.74, 6) is 0. The molecule has 0 heterocycles. The van der Waals surface area contributed by atoms with E-state index in [1.165, 1.54) is 12.1 Å². The molecule has 7 heteroatoms. The standard InChI is InChI=1S/C12H15N3O4/c1-8(13)12(4-5-12)7-9-2-3-10(14(16)17)6-11(9)15(18)19/h2-3,6,8H,4-5,7,13H2,1H3. The van der Waals surface area contributed by atoms with Crippen LogP contribution in [-0.4, -0.2) is 15.9 Å². The Morgan fingerprint density at radius 2 is 1.95 bits per heavy atom. The molecular formula is C12H15N3O4. The third-order valence-corrected chi connectivity index (χ3v) is 3.88. The van der Waals surface area contributed by atoms with Crippen molar-refractivity contribution in [2.75, 3.05) is 0 Å². The van der Waals surface area contributed by atoms with Gasteiger partial charge in [0, 0.05) is 17.7 Å². The molecule has 0 amide bonds. The van der Waals surface area contributed by atoms with Gasteiger partial charge in [-0.1, -0.05) is 0 Å². The summed E-state index contributed by atoms with van der Waals surface area (Å²) in [7, 11) is 0. The Balaban J connectivity index is 2.35. The molecule has 2 N–H and O–H groups in total. The Morgan fingerprint density at radius 3 is 2.37 bits per heavy atom. The summed E-state index contributed by atoms with van der Waals surface area (Å²) in [6.45, 7) is 1.89. The summed E-state index contributed by atoms with van der Waals surface area (Å²) in [5, 5.41) is 21.7. The van der Waals surface area contributed by atoms with Crippen molar-refractivity contribution in [2.24, 2.45) is 11.1 Å². The van der Waals surface area contributed by atoms with Crippen LogP contribution in [0.15, 0.2) is 18.2 Å². The van der Waals surface area contributed by atoms with E-state index in [1.807, 2.05) is 6.92 Å². The van der Waals surface area contributed by atoms with E-state index in [0.29, 0.717) is 12.0 Å². The lowest BCUT2D eigenvalue weighted by Gasteiger charge is -2.19. The Hall–Kier alpha value is -2.02. The zero-order valence-electron chi connectivity index (χ0n) is 10.5. The SMILES string of the molecule is CC(N)C1(Cc2ccc([N+](=O)[O-])cc2[N+](=O)[O-])CC1. The second kappa shape index (κ2) is 4.58. The number of hydrogen-bond donors (Lipinski definition) is 1. The molecule has 2 rings (SSSR count). The molecule has 0 aromatic heterocycles. The van der Waals surface area contributed by atoms with Gasteiger partial charge in [0.05, 0.1) is 15.9 Å². The summed E-state index contributed by atoms with van der Waals surface area (Å²) in [4.78, 5) is 20.5. The van der Waals surface area contributed by atoms with Crippen LogP contribution >= 0.6 is 0 Å². The smallest absolute Gasteiger partial charge is 0.279 e. The minimum absolute atomic E-state index is 0.0395. The first kappa shape index (κ1) is 13.4. The van der Waals surface area contributed by atoms with Gasteiger partial charge in [-0.15, -0.1) is 0 Å². The minimum Gasteiger partial charge on any atom is -0.327 e. The number of nitrogens with two attached hydrogens (primary N) is 1. The van der Waals surface area contributed by atoms with E-state index in [1.54, 1.807) is 0 Å². The third-order valence-electron chi connectivity index (χ3n) is 3.88. The lowest BCUT2D eigenvalue weighted by molar-refractivity contribution is -0.394. The van der Waals surface area contributed by atoms with E-state index < -0.39 is 9.85 Å². The first-order valence-electron chi connectivity index (χ1n) is 6.03. The number of nitro benzene ring substituents is 2. The maximum absolute atomic E-state index is 11.0. The monoisotopic (exact) mass is 265 g/mol. The van der Waals surface area contributed by atoms with Crippen molar-refractivity contribution in [3.8, 4) is 0 Å². The van der Waals surface area contributed by atoms with E-state index in [9.17, 15) is 20.2 Å². The average Bonchev–Trinajstić information content (AvgIpc) is 3.10. The van der Waals surface area contributed by atoms with Crippen molar-refractivity contribution in [2.45, 2.75) is 32.2 Å². The number of benzene rings is 1. The fourth-order valence-corrected chi connectivity index (χ4v) is 2.32. The highest BCUT2D eigenvalue weighted by molar-refractivity contribution is 5.49. The van der Waals surface area contributed by atoms with Gasteiger partial charge < -0.3 is 5.73 Å². The van der Waals surface area contributed by atoms with Crippen LogP contribution < -0.4 is 5.73 Å². The maximum Gasteiger partial charge on any atom is 0.279 e. The molecule has 1 atom stereocenters. The van der Waals surface area contributed by atoms with Crippen LogP contribution in [0.3, 0.4) is 0 Å². The third kappa shape index (κ3) is 2.55. The number of hydrogen-bond acceptors (Lipinski definition) is 5. The van der Waals surface area contributed by atoms with Gasteiger partial charge in [0.2, 0.25) is 0 Å². The predicted octanol–water partition coefficient (Wildman–Crippen LogP) is 2.17. The van der Waals surface area contributed by atoms with E-state index >= 15 is 0 Å². The zero-order chi connectivity index (χ0) is 14.2. The molecule has 1 aromatic carbocycles. The highest BCUT2D eigenvalue weighted by atomic mass is 16.6. The van der Waals surface area contributed by atoms with Crippen molar-refractivity contribution in [3.05, 3.63) is 44.0 Å². The first-order chi connectivity index (χ1) is 8.85. The molecule has 0 saturated heterocycles. The molecule has 1 aromatic rings. The Bertz CT molecular complexity index is 538. The molecule has 1 saturated carbocycles. The second-order valence-electron chi connectivity index (χ2n) is 5.16. The summed E-state index contributed by atoms with van der Waals surface area (Å²) in [6.07, 6.45) is 2.39. The van der Waals surface area contributed by atoms with Gasteiger partial charge in [-0.2, -0.15) is 0 Å². The second-order valence-corrected chi connectivity index (χ2v) is 5.16. The van der Waals surface area contributed by atoms with Gasteiger partial charge in [0.1, 0.15) is 0 Å².